The molecule has 0 aromatic heterocycles. The smallest absolute Gasteiger partial charge is 0.0547 e. The van der Waals surface area contributed by atoms with E-state index in [1.54, 1.807) is 0 Å². The Morgan fingerprint density at radius 1 is 0.909 bits per heavy atom. The molecule has 1 unspecified atom stereocenters. The van der Waals surface area contributed by atoms with Crippen molar-refractivity contribution < 1.29 is 5.11 Å². The lowest BCUT2D eigenvalue weighted by molar-refractivity contribution is 0.159. The van der Waals surface area contributed by atoms with Crippen LogP contribution in [0.5, 0.6) is 0 Å². The molecule has 1 N–H and O–H groups in total. The first kappa shape index (κ1) is 12.4. The Morgan fingerprint density at radius 2 is 1.64 bits per heavy atom. The summed E-state index contributed by atoms with van der Waals surface area (Å²) in [6.07, 6.45) is 5.70. The van der Waals surface area contributed by atoms with E-state index in [1.807, 2.05) is 0 Å². The summed E-state index contributed by atoms with van der Waals surface area (Å²) in [6, 6.07) is 0. The van der Waals surface area contributed by atoms with Crippen LogP contribution in [0.15, 0.2) is 0 Å². The van der Waals surface area contributed by atoms with Crippen LogP contribution >= 0.6 is 45.2 Å². The Hall–Kier alpha value is 1.42. The molecule has 0 aliphatic carbocycles. The van der Waals surface area contributed by atoms with Gasteiger partial charge in [-0.25, -0.2) is 0 Å². The summed E-state index contributed by atoms with van der Waals surface area (Å²) < 4.78 is 2.32. The van der Waals surface area contributed by atoms with Crippen molar-refractivity contribution in [3.05, 3.63) is 0 Å². The average molecular weight is 382 g/mol. The summed E-state index contributed by atoms with van der Waals surface area (Å²) in [5, 5.41) is 9.34. The van der Waals surface area contributed by atoms with Gasteiger partial charge in [-0.15, -0.1) is 0 Å². The molecule has 11 heavy (non-hydrogen) atoms. The molecule has 0 saturated carbocycles. The fourth-order valence-corrected chi connectivity index (χ4v) is 2.18. The average Bonchev–Trinajstić information content (AvgIpc) is 1.99. The van der Waals surface area contributed by atoms with Gasteiger partial charge >= 0.3 is 0 Å². The van der Waals surface area contributed by atoms with Crippen molar-refractivity contribution in [2.75, 3.05) is 8.86 Å². The number of unbranched alkanes of at least 4 members (excludes halogenated alkanes) is 2. The molecule has 1 atom stereocenters. The van der Waals surface area contributed by atoms with Crippen LogP contribution in [0.25, 0.3) is 0 Å². The second-order valence-electron chi connectivity index (χ2n) is 2.67. The molecular formula is C8H16I2O. The molecule has 0 spiro atoms. The zero-order valence-corrected chi connectivity index (χ0v) is 11.0. The SMILES string of the molecule is OC(CCI)CCCCCI. The summed E-state index contributed by atoms with van der Waals surface area (Å²) in [4.78, 5) is 0. The molecule has 0 aromatic rings. The Balaban J connectivity index is 2.97. The Morgan fingerprint density at radius 3 is 2.18 bits per heavy atom. The number of aliphatic hydroxyl groups excluding tert-OH is 1. The molecular weight excluding hydrogens is 366 g/mol. The van der Waals surface area contributed by atoms with Gasteiger partial charge in [-0.1, -0.05) is 58.0 Å². The summed E-state index contributed by atoms with van der Waals surface area (Å²) in [7, 11) is 0. The van der Waals surface area contributed by atoms with Crippen molar-refractivity contribution in [3.63, 3.8) is 0 Å². The van der Waals surface area contributed by atoms with Crippen molar-refractivity contribution in [1.29, 1.82) is 0 Å². The molecule has 0 aliphatic heterocycles. The third kappa shape index (κ3) is 9.33. The standard InChI is InChI=1S/C8H16I2O/c9-6-3-1-2-4-8(11)5-7-10/h8,11H,1-7H2. The topological polar surface area (TPSA) is 20.2 Å². The van der Waals surface area contributed by atoms with Crippen molar-refractivity contribution in [1.82, 2.24) is 0 Å². The van der Waals surface area contributed by atoms with E-state index in [0.29, 0.717) is 0 Å². The quantitative estimate of drug-likeness (QED) is 0.408. The first-order chi connectivity index (χ1) is 5.31. The largest absolute Gasteiger partial charge is 0.393 e. The molecule has 1 nitrogen and oxygen atoms in total. The van der Waals surface area contributed by atoms with Gasteiger partial charge in [-0.05, 0) is 23.7 Å². The van der Waals surface area contributed by atoms with Gasteiger partial charge in [0.25, 0.3) is 0 Å². The van der Waals surface area contributed by atoms with Gasteiger partial charge in [0.1, 0.15) is 0 Å². The highest BCUT2D eigenvalue weighted by molar-refractivity contribution is 14.1. The van der Waals surface area contributed by atoms with Gasteiger partial charge in [0, 0.05) is 4.43 Å². The third-order valence-corrected chi connectivity index (χ3v) is 3.00. The van der Waals surface area contributed by atoms with E-state index in [4.69, 9.17) is 0 Å². The van der Waals surface area contributed by atoms with E-state index in [0.717, 1.165) is 17.3 Å². The van der Waals surface area contributed by atoms with Gasteiger partial charge < -0.3 is 5.11 Å². The summed E-state index contributed by atoms with van der Waals surface area (Å²) in [5.74, 6) is 0. The predicted octanol–water partition coefficient (Wildman–Crippen LogP) is 3.17. The van der Waals surface area contributed by atoms with E-state index in [2.05, 4.69) is 45.2 Å². The van der Waals surface area contributed by atoms with Gasteiger partial charge in [0.2, 0.25) is 0 Å². The third-order valence-electron chi connectivity index (χ3n) is 1.61. The lowest BCUT2D eigenvalue weighted by Crippen LogP contribution is -2.06. The van der Waals surface area contributed by atoms with Crippen LogP contribution < -0.4 is 0 Å². The van der Waals surface area contributed by atoms with Crippen molar-refractivity contribution in [3.8, 4) is 0 Å². The monoisotopic (exact) mass is 382 g/mol. The summed E-state index contributed by atoms with van der Waals surface area (Å²) in [5.41, 5.74) is 0. The Kier molecular flexibility index (Phi) is 10.7. The van der Waals surface area contributed by atoms with E-state index in [1.165, 1.54) is 23.7 Å². The van der Waals surface area contributed by atoms with E-state index < -0.39 is 0 Å². The van der Waals surface area contributed by atoms with Crippen LogP contribution in [0.2, 0.25) is 0 Å². The molecule has 0 heterocycles. The number of aliphatic hydroxyl groups is 1. The zero-order chi connectivity index (χ0) is 8.53. The molecule has 0 aliphatic rings. The molecule has 0 bridgehead atoms. The van der Waals surface area contributed by atoms with Crippen LogP contribution in [-0.4, -0.2) is 20.1 Å². The number of alkyl halides is 2. The highest BCUT2D eigenvalue weighted by Gasteiger charge is 2.01. The first-order valence-electron chi connectivity index (χ1n) is 4.11. The molecule has 0 saturated heterocycles. The minimum absolute atomic E-state index is 0.0406. The van der Waals surface area contributed by atoms with Crippen LogP contribution in [-0.2, 0) is 0 Å². The van der Waals surface area contributed by atoms with E-state index >= 15 is 0 Å². The predicted molar refractivity (Wildman–Crippen MR) is 66.9 cm³/mol. The molecule has 0 rings (SSSR count). The second kappa shape index (κ2) is 9.51. The zero-order valence-electron chi connectivity index (χ0n) is 6.73. The highest BCUT2D eigenvalue weighted by Crippen LogP contribution is 2.08. The van der Waals surface area contributed by atoms with E-state index in [9.17, 15) is 5.11 Å². The lowest BCUT2D eigenvalue weighted by atomic mass is 10.1. The Labute approximate surface area is 96.6 Å². The number of hydrogen-bond acceptors (Lipinski definition) is 1. The number of halogens is 2. The molecule has 0 aromatic carbocycles. The molecule has 0 amide bonds. The maximum atomic E-state index is 9.34. The maximum absolute atomic E-state index is 9.34. The van der Waals surface area contributed by atoms with Gasteiger partial charge in [-0.3, -0.25) is 0 Å². The molecule has 68 valence electrons. The Bertz CT molecular complexity index is 78.5. The lowest BCUT2D eigenvalue weighted by Gasteiger charge is -2.06. The van der Waals surface area contributed by atoms with Crippen LogP contribution in [0.4, 0.5) is 0 Å². The fraction of sp³-hybridized carbons (Fsp3) is 1.00. The first-order valence-corrected chi connectivity index (χ1v) is 7.16. The number of rotatable bonds is 7. The number of hydrogen-bond donors (Lipinski definition) is 1. The van der Waals surface area contributed by atoms with Crippen LogP contribution in [0.3, 0.4) is 0 Å². The molecule has 0 fully saturated rings. The van der Waals surface area contributed by atoms with Gasteiger partial charge in [0.15, 0.2) is 0 Å². The van der Waals surface area contributed by atoms with Gasteiger partial charge in [-0.2, -0.15) is 0 Å². The molecule has 0 radical (unpaired) electrons. The molecule has 3 heteroatoms. The van der Waals surface area contributed by atoms with Gasteiger partial charge in [0.05, 0.1) is 6.10 Å². The minimum atomic E-state index is -0.0406. The normalized spacial score (nSPS) is 13.4. The summed E-state index contributed by atoms with van der Waals surface area (Å²) in [6.45, 7) is 0. The van der Waals surface area contributed by atoms with Crippen molar-refractivity contribution in [2.45, 2.75) is 38.2 Å². The minimum Gasteiger partial charge on any atom is -0.393 e. The second-order valence-corrected chi connectivity index (χ2v) is 4.83. The van der Waals surface area contributed by atoms with Crippen LogP contribution in [0.1, 0.15) is 32.1 Å². The fourth-order valence-electron chi connectivity index (χ4n) is 0.922. The van der Waals surface area contributed by atoms with Crippen LogP contribution in [0, 0.1) is 0 Å². The van der Waals surface area contributed by atoms with Crippen molar-refractivity contribution >= 4 is 45.2 Å². The maximum Gasteiger partial charge on any atom is 0.0547 e. The summed E-state index contributed by atoms with van der Waals surface area (Å²) >= 11 is 4.71. The van der Waals surface area contributed by atoms with E-state index in [-0.39, 0.29) is 6.10 Å². The van der Waals surface area contributed by atoms with Crippen molar-refractivity contribution in [2.24, 2.45) is 0 Å². The highest BCUT2D eigenvalue weighted by atomic mass is 127.